The molecule has 1 aliphatic heterocycles. The van der Waals surface area contributed by atoms with E-state index in [2.05, 4.69) is 10.3 Å². The molecule has 0 fully saturated rings. The molecular formula is C22H26N2O4. The smallest absolute Gasteiger partial charge is 0.407 e. The lowest BCUT2D eigenvalue weighted by Gasteiger charge is -2.20. The van der Waals surface area contributed by atoms with Crippen LogP contribution in [0.4, 0.5) is 4.79 Å². The number of nitrogens with one attached hydrogen (secondary N) is 1. The topological polar surface area (TPSA) is 69.2 Å². The highest BCUT2D eigenvalue weighted by molar-refractivity contribution is 6.03. The van der Waals surface area contributed by atoms with Crippen molar-refractivity contribution in [3.8, 4) is 11.5 Å². The van der Waals surface area contributed by atoms with Gasteiger partial charge in [0.25, 0.3) is 0 Å². The van der Waals surface area contributed by atoms with E-state index < -0.39 is 6.09 Å². The maximum Gasteiger partial charge on any atom is 0.407 e. The van der Waals surface area contributed by atoms with Gasteiger partial charge in [0, 0.05) is 24.4 Å². The largest absolute Gasteiger partial charge is 0.493 e. The number of carbonyl (C=O) groups excluding carboxylic acids is 1. The van der Waals surface area contributed by atoms with Crippen LogP contribution in [0.25, 0.3) is 0 Å². The molecule has 6 nitrogen and oxygen atoms in total. The zero-order valence-electron chi connectivity index (χ0n) is 16.4. The lowest BCUT2D eigenvalue weighted by atomic mass is 9.94. The summed E-state index contributed by atoms with van der Waals surface area (Å²) in [5.41, 5.74) is 4.34. The average molecular weight is 382 g/mol. The van der Waals surface area contributed by atoms with Crippen LogP contribution in [0.2, 0.25) is 0 Å². The number of rotatable bonds is 8. The number of alkyl carbamates (subject to hydrolysis) is 1. The fraction of sp³-hybridized carbons (Fsp3) is 0.364. The summed E-state index contributed by atoms with van der Waals surface area (Å²) in [4.78, 5) is 16.5. The third-order valence-corrected chi connectivity index (χ3v) is 4.68. The SMILES string of the molecule is COc1cc2c(cc1OC)C(CCCNC(=O)OCc1ccccc1)=NCC2. The molecule has 0 atom stereocenters. The van der Waals surface area contributed by atoms with Gasteiger partial charge in [-0.2, -0.15) is 0 Å². The van der Waals surface area contributed by atoms with Crippen molar-refractivity contribution < 1.29 is 19.0 Å². The van der Waals surface area contributed by atoms with Gasteiger partial charge in [-0.25, -0.2) is 4.79 Å². The number of fused-ring (bicyclic) bond motifs is 1. The fourth-order valence-electron chi connectivity index (χ4n) is 3.23. The van der Waals surface area contributed by atoms with Gasteiger partial charge in [-0.1, -0.05) is 30.3 Å². The number of hydrogen-bond acceptors (Lipinski definition) is 5. The molecule has 0 bridgehead atoms. The van der Waals surface area contributed by atoms with Crippen molar-refractivity contribution in [2.24, 2.45) is 4.99 Å². The Labute approximate surface area is 165 Å². The first-order valence-electron chi connectivity index (χ1n) is 9.44. The molecule has 2 aromatic carbocycles. The molecule has 0 spiro atoms. The first-order valence-corrected chi connectivity index (χ1v) is 9.44. The number of nitrogens with zero attached hydrogens (tertiary/aromatic N) is 1. The van der Waals surface area contributed by atoms with E-state index in [-0.39, 0.29) is 6.61 Å². The average Bonchev–Trinajstić information content (AvgIpc) is 2.75. The van der Waals surface area contributed by atoms with Gasteiger partial charge in [0.1, 0.15) is 6.61 Å². The van der Waals surface area contributed by atoms with E-state index in [1.165, 1.54) is 5.56 Å². The van der Waals surface area contributed by atoms with Crippen molar-refractivity contribution in [2.75, 3.05) is 27.3 Å². The third-order valence-electron chi connectivity index (χ3n) is 4.68. The first-order chi connectivity index (χ1) is 13.7. The predicted molar refractivity (Wildman–Crippen MR) is 109 cm³/mol. The van der Waals surface area contributed by atoms with Crippen LogP contribution in [0.1, 0.15) is 29.5 Å². The summed E-state index contributed by atoms with van der Waals surface area (Å²) < 4.78 is 16.0. The van der Waals surface area contributed by atoms with Gasteiger partial charge in [0.05, 0.1) is 14.2 Å². The Balaban J connectivity index is 1.48. The van der Waals surface area contributed by atoms with E-state index in [9.17, 15) is 4.79 Å². The predicted octanol–water partition coefficient (Wildman–Crippen LogP) is 3.76. The fourth-order valence-corrected chi connectivity index (χ4v) is 3.23. The van der Waals surface area contributed by atoms with Crippen molar-refractivity contribution in [1.29, 1.82) is 0 Å². The summed E-state index contributed by atoms with van der Waals surface area (Å²) in [6.07, 6.45) is 2.05. The van der Waals surface area contributed by atoms with E-state index in [0.717, 1.165) is 48.4 Å². The Morgan fingerprint density at radius 3 is 2.61 bits per heavy atom. The van der Waals surface area contributed by atoms with Crippen molar-refractivity contribution >= 4 is 11.8 Å². The van der Waals surface area contributed by atoms with E-state index >= 15 is 0 Å². The van der Waals surface area contributed by atoms with Crippen LogP contribution in [0.3, 0.4) is 0 Å². The van der Waals surface area contributed by atoms with E-state index in [1.54, 1.807) is 14.2 Å². The second-order valence-electron chi connectivity index (χ2n) is 6.53. The highest BCUT2D eigenvalue weighted by atomic mass is 16.5. The number of ether oxygens (including phenoxy) is 3. The molecule has 28 heavy (non-hydrogen) atoms. The molecule has 0 saturated carbocycles. The van der Waals surface area contributed by atoms with Gasteiger partial charge in [0.2, 0.25) is 0 Å². The van der Waals surface area contributed by atoms with Gasteiger partial charge in [-0.15, -0.1) is 0 Å². The number of amides is 1. The molecule has 1 heterocycles. The Kier molecular flexibility index (Phi) is 6.89. The number of hydrogen-bond donors (Lipinski definition) is 1. The van der Waals surface area contributed by atoms with Crippen LogP contribution in [-0.4, -0.2) is 39.1 Å². The van der Waals surface area contributed by atoms with Gasteiger partial charge in [-0.05, 0) is 42.5 Å². The Morgan fingerprint density at radius 2 is 1.86 bits per heavy atom. The molecule has 0 aromatic heterocycles. The van der Waals surface area contributed by atoms with E-state index in [1.807, 2.05) is 42.5 Å². The summed E-state index contributed by atoms with van der Waals surface area (Å²) in [6, 6.07) is 13.6. The molecule has 6 heteroatoms. The summed E-state index contributed by atoms with van der Waals surface area (Å²) in [6.45, 7) is 1.58. The van der Waals surface area contributed by atoms with Crippen molar-refractivity contribution in [1.82, 2.24) is 5.32 Å². The summed E-state index contributed by atoms with van der Waals surface area (Å²) in [7, 11) is 3.28. The van der Waals surface area contributed by atoms with Crippen LogP contribution in [0.15, 0.2) is 47.5 Å². The highest BCUT2D eigenvalue weighted by Gasteiger charge is 2.18. The van der Waals surface area contributed by atoms with Crippen molar-refractivity contribution in [3.05, 3.63) is 59.2 Å². The third kappa shape index (κ3) is 5.03. The number of aliphatic imine (C=N–C) groups is 1. The zero-order chi connectivity index (χ0) is 19.8. The van der Waals surface area contributed by atoms with Crippen LogP contribution in [-0.2, 0) is 17.8 Å². The lowest BCUT2D eigenvalue weighted by molar-refractivity contribution is 0.139. The Bertz CT molecular complexity index is 834. The lowest BCUT2D eigenvalue weighted by Crippen LogP contribution is -2.26. The Hall–Kier alpha value is -3.02. The Morgan fingerprint density at radius 1 is 1.11 bits per heavy atom. The number of carbonyl (C=O) groups is 1. The molecule has 148 valence electrons. The summed E-state index contributed by atoms with van der Waals surface area (Å²) >= 11 is 0. The molecule has 0 saturated heterocycles. The standard InChI is InChI=1S/C22H26N2O4/c1-26-20-13-17-10-12-23-19(18(17)14-21(20)27-2)9-6-11-24-22(25)28-15-16-7-4-3-5-8-16/h3-5,7-8,13-14H,6,9-12,15H2,1-2H3,(H,24,25). The molecule has 2 aromatic rings. The number of benzene rings is 2. The van der Waals surface area contributed by atoms with Gasteiger partial charge < -0.3 is 19.5 Å². The van der Waals surface area contributed by atoms with Crippen LogP contribution in [0.5, 0.6) is 11.5 Å². The minimum Gasteiger partial charge on any atom is -0.493 e. The van der Waals surface area contributed by atoms with Crippen LogP contribution in [0, 0.1) is 0 Å². The highest BCUT2D eigenvalue weighted by Crippen LogP contribution is 2.33. The molecule has 0 radical (unpaired) electrons. The number of methoxy groups -OCH3 is 2. The quantitative estimate of drug-likeness (QED) is 0.706. The van der Waals surface area contributed by atoms with Gasteiger partial charge in [0.15, 0.2) is 11.5 Å². The molecule has 0 aliphatic carbocycles. The molecule has 3 rings (SSSR count). The van der Waals surface area contributed by atoms with Crippen LogP contribution >= 0.6 is 0 Å². The normalized spacial score (nSPS) is 12.6. The first kappa shape index (κ1) is 19.7. The molecule has 0 unspecified atom stereocenters. The van der Waals surface area contributed by atoms with E-state index in [4.69, 9.17) is 14.2 Å². The monoisotopic (exact) mass is 382 g/mol. The molecular weight excluding hydrogens is 356 g/mol. The van der Waals surface area contributed by atoms with Gasteiger partial charge in [-0.3, -0.25) is 4.99 Å². The molecule has 1 amide bonds. The molecule has 1 N–H and O–H groups in total. The summed E-state index contributed by atoms with van der Waals surface area (Å²) in [5.74, 6) is 1.45. The maximum absolute atomic E-state index is 11.8. The van der Waals surface area contributed by atoms with Crippen LogP contribution < -0.4 is 14.8 Å². The molecule has 1 aliphatic rings. The second kappa shape index (κ2) is 9.78. The minimum absolute atomic E-state index is 0.272. The van der Waals surface area contributed by atoms with Crippen molar-refractivity contribution in [2.45, 2.75) is 25.9 Å². The van der Waals surface area contributed by atoms with Gasteiger partial charge >= 0.3 is 6.09 Å². The second-order valence-corrected chi connectivity index (χ2v) is 6.53. The minimum atomic E-state index is -0.402. The van der Waals surface area contributed by atoms with Crippen molar-refractivity contribution in [3.63, 3.8) is 0 Å². The zero-order valence-corrected chi connectivity index (χ0v) is 16.4. The maximum atomic E-state index is 11.8. The summed E-state index contributed by atoms with van der Waals surface area (Å²) in [5, 5.41) is 2.80. The van der Waals surface area contributed by atoms with E-state index in [0.29, 0.717) is 12.3 Å².